The highest BCUT2D eigenvalue weighted by molar-refractivity contribution is 6.42. The molecule has 3 rings (SSSR count). The van der Waals surface area contributed by atoms with E-state index in [0.717, 1.165) is 5.56 Å². The van der Waals surface area contributed by atoms with Gasteiger partial charge in [-0.2, -0.15) is 0 Å². The molecule has 10 heteroatoms. The number of hydrogen-bond donors (Lipinski definition) is 3. The van der Waals surface area contributed by atoms with Crippen molar-refractivity contribution in [1.29, 1.82) is 0 Å². The number of benzene rings is 3. The van der Waals surface area contributed by atoms with Crippen LogP contribution in [0.3, 0.4) is 0 Å². The first-order valence-electron chi connectivity index (χ1n) is 9.72. The van der Waals surface area contributed by atoms with Crippen LogP contribution in [-0.2, 0) is 4.79 Å². The molecule has 0 aliphatic rings. The van der Waals surface area contributed by atoms with Gasteiger partial charge in [-0.05, 0) is 49.7 Å². The lowest BCUT2D eigenvalue weighted by molar-refractivity contribution is -0.122. The lowest BCUT2D eigenvalue weighted by Gasteiger charge is -2.17. The number of carbonyl (C=O) groups excluding carboxylic acids is 1. The molecular weight excluding hydrogens is 510 g/mol. The third-order valence-electron chi connectivity index (χ3n) is 4.50. The molecule has 3 aromatic rings. The summed E-state index contributed by atoms with van der Waals surface area (Å²) >= 11 is 24.3. The van der Waals surface area contributed by atoms with Gasteiger partial charge in [0.25, 0.3) is 5.91 Å². The summed E-state index contributed by atoms with van der Waals surface area (Å²) in [5.74, 6) is 0.286. The number of carbonyl (C=O) groups is 1. The first-order valence-corrected chi connectivity index (χ1v) is 11.2. The van der Waals surface area contributed by atoms with E-state index in [1.807, 2.05) is 13.0 Å². The number of phenols is 1. The highest BCUT2D eigenvalue weighted by Gasteiger charge is 2.18. The molecule has 3 N–H and O–H groups in total. The number of aromatic hydroxyl groups is 1. The summed E-state index contributed by atoms with van der Waals surface area (Å²) in [4.78, 5) is 12.5. The largest absolute Gasteiger partial charge is 0.506 e. The zero-order valence-corrected chi connectivity index (χ0v) is 20.6. The summed E-state index contributed by atoms with van der Waals surface area (Å²) in [6.07, 6.45) is -0.860. The maximum absolute atomic E-state index is 12.5. The van der Waals surface area contributed by atoms with E-state index in [1.54, 1.807) is 37.3 Å². The summed E-state index contributed by atoms with van der Waals surface area (Å²) in [7, 11) is 0. The van der Waals surface area contributed by atoms with Crippen LogP contribution in [-0.4, -0.2) is 23.8 Å². The summed E-state index contributed by atoms with van der Waals surface area (Å²) in [5.41, 5.74) is 1.51. The predicted octanol–water partition coefficient (Wildman–Crippen LogP) is 7.17. The van der Waals surface area contributed by atoms with Gasteiger partial charge in [0, 0.05) is 12.1 Å². The molecule has 6 nitrogen and oxygen atoms in total. The lowest BCUT2D eigenvalue weighted by atomic mass is 10.2. The van der Waals surface area contributed by atoms with Crippen LogP contribution in [0.4, 0.5) is 11.4 Å². The molecule has 0 aliphatic heterocycles. The van der Waals surface area contributed by atoms with Crippen molar-refractivity contribution in [1.82, 2.24) is 0 Å². The second-order valence-electron chi connectivity index (χ2n) is 7.07. The molecule has 1 unspecified atom stereocenters. The zero-order chi connectivity index (χ0) is 24.1. The van der Waals surface area contributed by atoms with Crippen LogP contribution in [0.5, 0.6) is 17.2 Å². The maximum Gasteiger partial charge on any atom is 0.265 e. The van der Waals surface area contributed by atoms with Gasteiger partial charge in [0.15, 0.2) is 12.8 Å². The normalized spacial score (nSPS) is 11.6. The van der Waals surface area contributed by atoms with E-state index < -0.39 is 12.0 Å². The summed E-state index contributed by atoms with van der Waals surface area (Å²) < 4.78 is 11.2. The van der Waals surface area contributed by atoms with Crippen LogP contribution in [0.1, 0.15) is 12.5 Å². The van der Waals surface area contributed by atoms with E-state index in [-0.39, 0.29) is 23.2 Å². The number of rotatable bonds is 8. The van der Waals surface area contributed by atoms with E-state index in [9.17, 15) is 9.90 Å². The number of ether oxygens (including phenoxy) is 2. The molecule has 0 saturated carbocycles. The first-order chi connectivity index (χ1) is 15.6. The van der Waals surface area contributed by atoms with E-state index in [0.29, 0.717) is 32.3 Å². The quantitative estimate of drug-likeness (QED) is 0.213. The average molecular weight is 530 g/mol. The minimum absolute atomic E-state index is 0.0236. The first kappa shape index (κ1) is 25.1. The molecule has 0 fully saturated rings. The second-order valence-corrected chi connectivity index (χ2v) is 8.70. The Morgan fingerprint density at radius 3 is 2.39 bits per heavy atom. The summed E-state index contributed by atoms with van der Waals surface area (Å²) in [5, 5.41) is 17.3. The fourth-order valence-corrected chi connectivity index (χ4v) is 3.52. The van der Waals surface area contributed by atoms with Crippen molar-refractivity contribution in [2.75, 3.05) is 17.4 Å². The van der Waals surface area contributed by atoms with Gasteiger partial charge in [-0.1, -0.05) is 52.5 Å². The summed E-state index contributed by atoms with van der Waals surface area (Å²) in [6.45, 7) is 3.50. The molecule has 0 heterocycles. The zero-order valence-electron chi connectivity index (χ0n) is 17.6. The molecule has 0 radical (unpaired) electrons. The Kier molecular flexibility index (Phi) is 8.43. The van der Waals surface area contributed by atoms with Crippen molar-refractivity contribution in [3.8, 4) is 17.2 Å². The van der Waals surface area contributed by atoms with E-state index >= 15 is 0 Å². The molecule has 0 spiro atoms. The molecular formula is C23H20Cl4N2O4. The van der Waals surface area contributed by atoms with Crippen molar-refractivity contribution in [3.05, 3.63) is 74.2 Å². The number of phenolic OH excluding ortho intramolecular Hbond substituents is 1. The smallest absolute Gasteiger partial charge is 0.265 e. The van der Waals surface area contributed by atoms with Crippen LogP contribution in [0, 0.1) is 6.92 Å². The number of hydrogen-bond acceptors (Lipinski definition) is 5. The number of aryl methyl sites for hydroxylation is 1. The molecule has 0 aromatic heterocycles. The molecule has 33 heavy (non-hydrogen) atoms. The van der Waals surface area contributed by atoms with Crippen molar-refractivity contribution in [2.24, 2.45) is 0 Å². The fourth-order valence-electron chi connectivity index (χ4n) is 2.74. The van der Waals surface area contributed by atoms with E-state index in [2.05, 4.69) is 10.6 Å². The van der Waals surface area contributed by atoms with Crippen molar-refractivity contribution in [3.63, 3.8) is 0 Å². The Bertz CT molecular complexity index is 1170. The molecule has 1 atom stereocenters. The minimum Gasteiger partial charge on any atom is -0.506 e. The van der Waals surface area contributed by atoms with Crippen LogP contribution in [0.2, 0.25) is 20.1 Å². The molecule has 3 aromatic carbocycles. The van der Waals surface area contributed by atoms with Gasteiger partial charge in [-0.25, -0.2) is 0 Å². The minimum atomic E-state index is -0.860. The van der Waals surface area contributed by atoms with Gasteiger partial charge in [-0.3, -0.25) is 4.79 Å². The van der Waals surface area contributed by atoms with Gasteiger partial charge in [0.05, 0.1) is 31.5 Å². The van der Waals surface area contributed by atoms with Gasteiger partial charge in [0.1, 0.15) is 17.2 Å². The molecule has 1 amide bonds. The van der Waals surface area contributed by atoms with Gasteiger partial charge < -0.3 is 25.2 Å². The van der Waals surface area contributed by atoms with Crippen molar-refractivity contribution >= 4 is 63.7 Å². The number of anilines is 2. The van der Waals surface area contributed by atoms with Crippen LogP contribution in [0.25, 0.3) is 0 Å². The van der Waals surface area contributed by atoms with E-state index in [1.165, 1.54) is 12.1 Å². The molecule has 0 saturated heterocycles. The average Bonchev–Trinajstić information content (AvgIpc) is 2.75. The highest BCUT2D eigenvalue weighted by Crippen LogP contribution is 2.34. The Morgan fingerprint density at radius 2 is 1.70 bits per heavy atom. The molecule has 0 bridgehead atoms. The monoisotopic (exact) mass is 528 g/mol. The summed E-state index contributed by atoms with van der Waals surface area (Å²) in [6, 6.07) is 12.9. The molecule has 174 valence electrons. The van der Waals surface area contributed by atoms with Crippen LogP contribution in [0.15, 0.2) is 48.5 Å². The highest BCUT2D eigenvalue weighted by atomic mass is 35.5. The predicted molar refractivity (Wildman–Crippen MR) is 134 cm³/mol. The third kappa shape index (κ3) is 6.74. The van der Waals surface area contributed by atoms with Crippen LogP contribution >= 0.6 is 46.4 Å². The SMILES string of the molecule is Cc1ccc(OC(C)C(=O)Nc2cc(O)c(NCOc3ccc(Cl)c(Cl)c3)cc2Cl)c(Cl)c1. The number of amides is 1. The maximum atomic E-state index is 12.5. The van der Waals surface area contributed by atoms with Crippen molar-refractivity contribution in [2.45, 2.75) is 20.0 Å². The fraction of sp³-hybridized carbons (Fsp3) is 0.174. The van der Waals surface area contributed by atoms with Gasteiger partial charge in [-0.15, -0.1) is 0 Å². The Hall–Kier alpha value is -2.51. The third-order valence-corrected chi connectivity index (χ3v) is 5.84. The van der Waals surface area contributed by atoms with E-state index in [4.69, 9.17) is 55.9 Å². The number of halogens is 4. The van der Waals surface area contributed by atoms with Crippen molar-refractivity contribution < 1.29 is 19.4 Å². The number of nitrogens with one attached hydrogen (secondary N) is 2. The van der Waals surface area contributed by atoms with Gasteiger partial charge in [0.2, 0.25) is 0 Å². The Morgan fingerprint density at radius 1 is 0.939 bits per heavy atom. The van der Waals surface area contributed by atoms with Crippen LogP contribution < -0.4 is 20.1 Å². The second kappa shape index (κ2) is 11.1. The van der Waals surface area contributed by atoms with Gasteiger partial charge >= 0.3 is 0 Å². The Balaban J connectivity index is 1.60. The standard InChI is InChI=1S/C23H20Cl4N2O4/c1-12-3-6-22(18(27)7-12)33-13(2)23(31)29-19-10-21(30)20(9-17(19)26)28-11-32-14-4-5-15(24)16(25)8-14/h3-10,13,28,30H,11H2,1-2H3,(H,29,31). The topological polar surface area (TPSA) is 79.8 Å². The Labute approximate surface area is 211 Å². The lowest BCUT2D eigenvalue weighted by Crippen LogP contribution is -2.30. The molecule has 0 aliphatic carbocycles.